The van der Waals surface area contributed by atoms with Crippen LogP contribution in [0.3, 0.4) is 0 Å². The maximum absolute atomic E-state index is 12.8. The van der Waals surface area contributed by atoms with E-state index < -0.39 is 11.7 Å². The number of anilines is 1. The van der Waals surface area contributed by atoms with Crippen molar-refractivity contribution < 1.29 is 13.2 Å². The average Bonchev–Trinajstić information content (AvgIpc) is 2.72. The summed E-state index contributed by atoms with van der Waals surface area (Å²) in [7, 11) is 0. The van der Waals surface area contributed by atoms with E-state index in [9.17, 15) is 13.2 Å². The van der Waals surface area contributed by atoms with Crippen molar-refractivity contribution in [1.29, 1.82) is 0 Å². The minimum Gasteiger partial charge on any atom is -0.379 e. The van der Waals surface area contributed by atoms with E-state index in [1.807, 2.05) is 0 Å². The summed E-state index contributed by atoms with van der Waals surface area (Å²) >= 11 is 5.60. The van der Waals surface area contributed by atoms with Gasteiger partial charge in [-0.15, -0.1) is 0 Å². The maximum Gasteiger partial charge on any atom is 0.418 e. The Bertz CT molecular complexity index is 578. The van der Waals surface area contributed by atoms with Crippen LogP contribution in [0.1, 0.15) is 17.1 Å². The smallest absolute Gasteiger partial charge is 0.379 e. The Morgan fingerprint density at radius 2 is 2.11 bits per heavy atom. The Hall–Kier alpha value is -1.69. The molecule has 102 valence electrons. The summed E-state index contributed by atoms with van der Waals surface area (Å²) in [5.74, 6) is 0.712. The zero-order valence-corrected chi connectivity index (χ0v) is 10.7. The van der Waals surface area contributed by atoms with Gasteiger partial charge in [-0.1, -0.05) is 11.6 Å². The number of nitrogens with one attached hydrogen (secondary N) is 2. The molecule has 3 nitrogen and oxygen atoms in total. The van der Waals surface area contributed by atoms with Gasteiger partial charge < -0.3 is 10.3 Å². The zero-order chi connectivity index (χ0) is 14.0. The fourth-order valence-corrected chi connectivity index (χ4v) is 1.83. The van der Waals surface area contributed by atoms with Crippen LogP contribution in [0.2, 0.25) is 5.02 Å². The largest absolute Gasteiger partial charge is 0.418 e. The molecule has 0 radical (unpaired) electrons. The quantitative estimate of drug-likeness (QED) is 0.896. The minimum absolute atomic E-state index is 0.0100. The van der Waals surface area contributed by atoms with Crippen LogP contribution < -0.4 is 5.32 Å². The monoisotopic (exact) mass is 289 g/mol. The molecule has 0 unspecified atom stereocenters. The summed E-state index contributed by atoms with van der Waals surface area (Å²) in [6, 6.07) is 3.63. The highest BCUT2D eigenvalue weighted by atomic mass is 35.5. The van der Waals surface area contributed by atoms with Crippen molar-refractivity contribution in [3.05, 3.63) is 46.5 Å². The van der Waals surface area contributed by atoms with Crippen LogP contribution in [-0.4, -0.2) is 9.97 Å². The first-order chi connectivity index (χ1) is 8.86. The van der Waals surface area contributed by atoms with Crippen LogP contribution in [-0.2, 0) is 12.7 Å². The van der Waals surface area contributed by atoms with Gasteiger partial charge in [0, 0.05) is 10.7 Å². The van der Waals surface area contributed by atoms with Gasteiger partial charge in [-0.2, -0.15) is 13.2 Å². The minimum atomic E-state index is -4.45. The second-order valence-electron chi connectivity index (χ2n) is 4.04. The van der Waals surface area contributed by atoms with E-state index >= 15 is 0 Å². The SMILES string of the molecule is Cc1ncc(CNc2ccc(Cl)cc2C(F)(F)F)[nH]1. The normalized spacial score (nSPS) is 11.6. The molecule has 0 aliphatic rings. The van der Waals surface area contributed by atoms with E-state index in [0.717, 1.165) is 6.07 Å². The number of hydrogen-bond donors (Lipinski definition) is 2. The van der Waals surface area contributed by atoms with Crippen molar-refractivity contribution in [3.8, 4) is 0 Å². The Morgan fingerprint density at radius 3 is 2.68 bits per heavy atom. The summed E-state index contributed by atoms with van der Waals surface area (Å²) in [6.45, 7) is 2.00. The van der Waals surface area contributed by atoms with Crippen molar-refractivity contribution in [3.63, 3.8) is 0 Å². The third-order valence-corrected chi connectivity index (χ3v) is 2.75. The second kappa shape index (κ2) is 5.13. The molecule has 1 aromatic heterocycles. The molecular formula is C12H11ClF3N3. The summed E-state index contributed by atoms with van der Waals surface area (Å²) in [6.07, 6.45) is -2.87. The fourth-order valence-electron chi connectivity index (χ4n) is 1.66. The standard InChI is InChI=1S/C12H11ClF3N3/c1-7-17-5-9(19-7)6-18-11-3-2-8(13)4-10(11)12(14,15)16/h2-5,18H,6H2,1H3,(H,17,19). The topological polar surface area (TPSA) is 40.7 Å². The summed E-state index contributed by atoms with van der Waals surface area (Å²) in [5.41, 5.74) is -0.0824. The van der Waals surface area contributed by atoms with Crippen LogP contribution in [0, 0.1) is 6.92 Å². The van der Waals surface area contributed by atoms with E-state index in [2.05, 4.69) is 15.3 Å². The molecule has 0 fully saturated rings. The molecule has 0 atom stereocenters. The first-order valence-corrected chi connectivity index (χ1v) is 5.85. The molecule has 7 heteroatoms. The predicted molar refractivity (Wildman–Crippen MR) is 67.1 cm³/mol. The third kappa shape index (κ3) is 3.41. The number of aryl methyl sites for hydroxylation is 1. The lowest BCUT2D eigenvalue weighted by Crippen LogP contribution is -2.11. The van der Waals surface area contributed by atoms with E-state index in [1.165, 1.54) is 12.1 Å². The van der Waals surface area contributed by atoms with Gasteiger partial charge in [-0.05, 0) is 25.1 Å². The number of imidazole rings is 1. The molecule has 1 heterocycles. The predicted octanol–water partition coefficient (Wildman–Crippen LogP) is 4.00. The molecule has 0 aliphatic heterocycles. The first-order valence-electron chi connectivity index (χ1n) is 5.47. The Morgan fingerprint density at radius 1 is 1.37 bits per heavy atom. The van der Waals surface area contributed by atoms with Crippen LogP contribution in [0.15, 0.2) is 24.4 Å². The molecule has 19 heavy (non-hydrogen) atoms. The Kier molecular flexibility index (Phi) is 3.71. The molecule has 0 saturated heterocycles. The lowest BCUT2D eigenvalue weighted by Gasteiger charge is -2.14. The molecular weight excluding hydrogens is 279 g/mol. The van der Waals surface area contributed by atoms with Crippen molar-refractivity contribution in [2.24, 2.45) is 0 Å². The first kappa shape index (κ1) is 13.7. The summed E-state index contributed by atoms with van der Waals surface area (Å²) in [4.78, 5) is 6.91. The van der Waals surface area contributed by atoms with Crippen molar-refractivity contribution in [2.45, 2.75) is 19.6 Å². The van der Waals surface area contributed by atoms with Crippen molar-refractivity contribution >= 4 is 17.3 Å². The number of alkyl halides is 3. The summed E-state index contributed by atoms with van der Waals surface area (Å²) < 4.78 is 38.5. The van der Waals surface area contributed by atoms with Crippen LogP contribution >= 0.6 is 11.6 Å². The average molecular weight is 290 g/mol. The molecule has 0 spiro atoms. The lowest BCUT2D eigenvalue weighted by molar-refractivity contribution is -0.136. The van der Waals surface area contributed by atoms with Gasteiger partial charge in [0.15, 0.2) is 0 Å². The second-order valence-corrected chi connectivity index (χ2v) is 4.47. The van der Waals surface area contributed by atoms with Crippen molar-refractivity contribution in [1.82, 2.24) is 9.97 Å². The number of hydrogen-bond acceptors (Lipinski definition) is 2. The van der Waals surface area contributed by atoms with E-state index in [4.69, 9.17) is 11.6 Å². The zero-order valence-electron chi connectivity index (χ0n) is 9.98. The maximum atomic E-state index is 12.8. The van der Waals surface area contributed by atoms with Gasteiger partial charge in [-0.25, -0.2) is 4.98 Å². The Labute approximate surface area is 112 Å². The highest BCUT2D eigenvalue weighted by Crippen LogP contribution is 2.36. The highest BCUT2D eigenvalue weighted by molar-refractivity contribution is 6.30. The third-order valence-electron chi connectivity index (χ3n) is 2.51. The molecule has 2 N–H and O–H groups in total. The van der Waals surface area contributed by atoms with Gasteiger partial charge in [0.05, 0.1) is 24.0 Å². The number of aromatic amines is 1. The number of H-pyrrole nitrogens is 1. The van der Waals surface area contributed by atoms with E-state index in [1.54, 1.807) is 13.1 Å². The Balaban J connectivity index is 2.20. The molecule has 2 rings (SSSR count). The molecule has 0 amide bonds. The number of nitrogens with zero attached hydrogens (tertiary/aromatic N) is 1. The lowest BCUT2D eigenvalue weighted by atomic mass is 10.1. The number of rotatable bonds is 3. The van der Waals surface area contributed by atoms with Gasteiger partial charge in [0.25, 0.3) is 0 Å². The van der Waals surface area contributed by atoms with Gasteiger partial charge in [-0.3, -0.25) is 0 Å². The molecule has 0 bridgehead atoms. The van der Waals surface area contributed by atoms with E-state index in [0.29, 0.717) is 11.5 Å². The van der Waals surface area contributed by atoms with Gasteiger partial charge in [0.1, 0.15) is 5.82 Å². The van der Waals surface area contributed by atoms with Crippen LogP contribution in [0.5, 0.6) is 0 Å². The number of aromatic nitrogens is 2. The number of halogens is 4. The van der Waals surface area contributed by atoms with Gasteiger partial charge in [0.2, 0.25) is 0 Å². The highest BCUT2D eigenvalue weighted by Gasteiger charge is 2.33. The fraction of sp³-hybridized carbons (Fsp3) is 0.250. The van der Waals surface area contributed by atoms with Crippen LogP contribution in [0.25, 0.3) is 0 Å². The van der Waals surface area contributed by atoms with Crippen molar-refractivity contribution in [2.75, 3.05) is 5.32 Å². The van der Waals surface area contributed by atoms with E-state index in [-0.39, 0.29) is 17.3 Å². The molecule has 1 aromatic carbocycles. The summed E-state index contributed by atoms with van der Waals surface area (Å²) in [5, 5.41) is 2.78. The molecule has 2 aromatic rings. The van der Waals surface area contributed by atoms with Gasteiger partial charge >= 0.3 is 6.18 Å². The van der Waals surface area contributed by atoms with Crippen LogP contribution in [0.4, 0.5) is 18.9 Å². The molecule has 0 aliphatic carbocycles. The number of benzene rings is 1. The molecule has 0 saturated carbocycles.